The second-order valence-electron chi connectivity index (χ2n) is 9.61. The van der Waals surface area contributed by atoms with E-state index >= 15 is 0 Å². The van der Waals surface area contributed by atoms with Crippen molar-refractivity contribution in [2.24, 2.45) is 0 Å². The Morgan fingerprint density at radius 2 is 1.89 bits per heavy atom. The first-order chi connectivity index (χ1) is 17.4. The van der Waals surface area contributed by atoms with Gasteiger partial charge in [-0.2, -0.15) is 0 Å². The van der Waals surface area contributed by atoms with Crippen LogP contribution in [0.4, 0.5) is 0 Å². The summed E-state index contributed by atoms with van der Waals surface area (Å²) in [7, 11) is 0. The zero-order chi connectivity index (χ0) is 25.4. The lowest BCUT2D eigenvalue weighted by Crippen LogP contribution is -2.37. The Hall–Kier alpha value is -4.00. The minimum Gasteiger partial charge on any atom is -0.481 e. The zero-order valence-corrected chi connectivity index (χ0v) is 20.8. The van der Waals surface area contributed by atoms with Crippen molar-refractivity contribution in [1.82, 2.24) is 19.9 Å². The van der Waals surface area contributed by atoms with E-state index in [1.54, 1.807) is 0 Å². The van der Waals surface area contributed by atoms with E-state index in [4.69, 9.17) is 0 Å². The van der Waals surface area contributed by atoms with Crippen LogP contribution in [0, 0.1) is 6.92 Å². The SMILES string of the molecule is CCn1nnc2c(C)c([C@H](CC(=O)O)c3ccc4c(c3)CN(C(=O)c3ccccc3)C[C@@H]4C)ccc21. The Balaban J connectivity index is 1.53. The predicted octanol–water partition coefficient (Wildman–Crippen LogP) is 5.13. The van der Waals surface area contributed by atoms with E-state index in [-0.39, 0.29) is 24.2 Å². The molecule has 5 rings (SSSR count). The third kappa shape index (κ3) is 4.26. The van der Waals surface area contributed by atoms with Gasteiger partial charge in [0, 0.05) is 31.1 Å². The second kappa shape index (κ2) is 9.57. The molecule has 0 unspecified atom stereocenters. The van der Waals surface area contributed by atoms with E-state index in [0.717, 1.165) is 39.8 Å². The number of amides is 1. The van der Waals surface area contributed by atoms with E-state index in [0.29, 0.717) is 18.7 Å². The maximum absolute atomic E-state index is 13.2. The number of rotatable bonds is 6. The van der Waals surface area contributed by atoms with Gasteiger partial charge in [-0.05, 0) is 65.8 Å². The van der Waals surface area contributed by atoms with Gasteiger partial charge in [-0.3, -0.25) is 9.59 Å². The monoisotopic (exact) mass is 482 g/mol. The number of aliphatic carboxylic acids is 1. The van der Waals surface area contributed by atoms with Crippen LogP contribution in [0.1, 0.15) is 70.3 Å². The minimum atomic E-state index is -0.858. The first kappa shape index (κ1) is 23.7. The first-order valence-electron chi connectivity index (χ1n) is 12.4. The Kier molecular flexibility index (Phi) is 6.31. The molecule has 1 amide bonds. The highest BCUT2D eigenvalue weighted by molar-refractivity contribution is 5.94. The number of carbonyl (C=O) groups excluding carboxylic acids is 1. The third-order valence-corrected chi connectivity index (χ3v) is 7.30. The molecule has 0 fully saturated rings. The van der Waals surface area contributed by atoms with Gasteiger partial charge in [-0.25, -0.2) is 4.68 Å². The predicted molar refractivity (Wildman–Crippen MR) is 138 cm³/mol. The van der Waals surface area contributed by atoms with Crippen LogP contribution in [0.25, 0.3) is 11.0 Å². The van der Waals surface area contributed by atoms with Crippen molar-refractivity contribution >= 4 is 22.9 Å². The number of hydrogen-bond donors (Lipinski definition) is 1. The maximum atomic E-state index is 13.2. The third-order valence-electron chi connectivity index (χ3n) is 7.30. The van der Waals surface area contributed by atoms with Crippen molar-refractivity contribution in [3.63, 3.8) is 0 Å². The van der Waals surface area contributed by atoms with Gasteiger partial charge in [0.1, 0.15) is 5.52 Å². The minimum absolute atomic E-state index is 0.0147. The van der Waals surface area contributed by atoms with E-state index in [9.17, 15) is 14.7 Å². The fourth-order valence-electron chi connectivity index (χ4n) is 5.45. The van der Waals surface area contributed by atoms with Crippen molar-refractivity contribution in [3.05, 3.63) is 94.0 Å². The van der Waals surface area contributed by atoms with Crippen LogP contribution in [0.15, 0.2) is 60.7 Å². The lowest BCUT2D eigenvalue weighted by atomic mass is 9.82. The molecule has 1 aliphatic heterocycles. The molecule has 3 aromatic carbocycles. The Morgan fingerprint density at radius 3 is 2.61 bits per heavy atom. The van der Waals surface area contributed by atoms with Crippen LogP contribution in [-0.4, -0.2) is 43.4 Å². The molecule has 7 nitrogen and oxygen atoms in total. The highest BCUT2D eigenvalue weighted by Crippen LogP contribution is 2.37. The van der Waals surface area contributed by atoms with Crippen LogP contribution >= 0.6 is 0 Å². The van der Waals surface area contributed by atoms with Crippen LogP contribution in [0.5, 0.6) is 0 Å². The standard InChI is InChI=1S/C29H30N4O3/c1-4-33-26-13-12-24(19(3)28(26)30-31-33)25(15-27(34)35)21-10-11-23-18(2)16-32(17-22(23)14-21)29(36)20-8-6-5-7-9-20/h5-14,18,25H,4,15-17H2,1-3H3,(H,34,35)/t18-,25+/m0/s1. The van der Waals surface area contributed by atoms with Crippen LogP contribution in [0.2, 0.25) is 0 Å². The number of hydrogen-bond acceptors (Lipinski definition) is 4. The van der Waals surface area contributed by atoms with Gasteiger partial charge in [0.2, 0.25) is 0 Å². The van der Waals surface area contributed by atoms with Gasteiger partial charge in [-0.15, -0.1) is 5.10 Å². The molecule has 0 bridgehead atoms. The summed E-state index contributed by atoms with van der Waals surface area (Å²) in [6.07, 6.45) is -0.0325. The highest BCUT2D eigenvalue weighted by atomic mass is 16.4. The van der Waals surface area contributed by atoms with E-state index in [2.05, 4.69) is 29.4 Å². The molecule has 4 aromatic rings. The Bertz CT molecular complexity index is 1440. The molecule has 1 N–H and O–H groups in total. The van der Waals surface area contributed by atoms with Crippen molar-refractivity contribution in [2.75, 3.05) is 6.54 Å². The average molecular weight is 483 g/mol. The van der Waals surface area contributed by atoms with Gasteiger partial charge in [0.15, 0.2) is 0 Å². The molecular formula is C29H30N4O3. The summed E-state index contributed by atoms with van der Waals surface area (Å²) in [6, 6.07) is 19.6. The summed E-state index contributed by atoms with van der Waals surface area (Å²) in [5.74, 6) is -0.986. The molecule has 1 aliphatic rings. The quantitative estimate of drug-likeness (QED) is 0.412. The molecule has 0 saturated heterocycles. The number of carboxylic acid groups (broad SMARTS) is 1. The number of fused-ring (bicyclic) bond motifs is 2. The van der Waals surface area contributed by atoms with Crippen LogP contribution in [-0.2, 0) is 17.9 Å². The fourth-order valence-corrected chi connectivity index (χ4v) is 5.45. The van der Waals surface area contributed by atoms with Gasteiger partial charge in [0.05, 0.1) is 11.9 Å². The first-order valence-corrected chi connectivity index (χ1v) is 12.4. The molecule has 0 spiro atoms. The molecule has 2 atom stereocenters. The number of carboxylic acids is 1. The lowest BCUT2D eigenvalue weighted by Gasteiger charge is -2.34. The summed E-state index contributed by atoms with van der Waals surface area (Å²) in [5, 5.41) is 18.4. The number of aromatic nitrogens is 3. The lowest BCUT2D eigenvalue weighted by molar-refractivity contribution is -0.137. The summed E-state index contributed by atoms with van der Waals surface area (Å²) in [4.78, 5) is 27.0. The van der Waals surface area contributed by atoms with Crippen molar-refractivity contribution < 1.29 is 14.7 Å². The van der Waals surface area contributed by atoms with Gasteiger partial charge in [-0.1, -0.05) is 54.6 Å². The Labute approximate surface area is 210 Å². The van der Waals surface area contributed by atoms with E-state index in [1.807, 2.05) is 72.0 Å². The molecule has 0 radical (unpaired) electrons. The number of benzene rings is 3. The normalized spacial score (nSPS) is 16.1. The molecule has 1 aromatic heterocycles. The van der Waals surface area contributed by atoms with Gasteiger partial charge in [0.25, 0.3) is 5.91 Å². The van der Waals surface area contributed by atoms with Crippen molar-refractivity contribution in [3.8, 4) is 0 Å². The van der Waals surface area contributed by atoms with Gasteiger partial charge < -0.3 is 10.0 Å². The molecule has 0 aliphatic carbocycles. The zero-order valence-electron chi connectivity index (χ0n) is 20.8. The highest BCUT2D eigenvalue weighted by Gasteiger charge is 2.28. The van der Waals surface area contributed by atoms with E-state index < -0.39 is 5.97 Å². The molecule has 7 heteroatoms. The summed E-state index contributed by atoms with van der Waals surface area (Å²) >= 11 is 0. The Morgan fingerprint density at radius 1 is 1.11 bits per heavy atom. The average Bonchev–Trinajstić information content (AvgIpc) is 3.31. The molecule has 2 heterocycles. The number of nitrogens with zero attached hydrogens (tertiary/aromatic N) is 4. The topological polar surface area (TPSA) is 88.3 Å². The molecule has 184 valence electrons. The second-order valence-corrected chi connectivity index (χ2v) is 9.61. The van der Waals surface area contributed by atoms with Gasteiger partial charge >= 0.3 is 5.97 Å². The fraction of sp³-hybridized carbons (Fsp3) is 0.310. The largest absolute Gasteiger partial charge is 0.481 e. The smallest absolute Gasteiger partial charge is 0.304 e. The number of aryl methyl sites for hydroxylation is 2. The van der Waals surface area contributed by atoms with Crippen molar-refractivity contribution in [1.29, 1.82) is 0 Å². The summed E-state index contributed by atoms with van der Waals surface area (Å²) in [5.41, 5.74) is 7.53. The van der Waals surface area contributed by atoms with Crippen LogP contribution in [0.3, 0.4) is 0 Å². The molecule has 0 saturated carbocycles. The number of carbonyl (C=O) groups is 2. The molecular weight excluding hydrogens is 452 g/mol. The van der Waals surface area contributed by atoms with Crippen LogP contribution < -0.4 is 0 Å². The maximum Gasteiger partial charge on any atom is 0.304 e. The van der Waals surface area contributed by atoms with Crippen molar-refractivity contribution in [2.45, 2.75) is 52.1 Å². The van der Waals surface area contributed by atoms with E-state index in [1.165, 1.54) is 5.56 Å². The summed E-state index contributed by atoms with van der Waals surface area (Å²) in [6.45, 7) is 8.01. The summed E-state index contributed by atoms with van der Waals surface area (Å²) < 4.78 is 1.84. The molecule has 36 heavy (non-hydrogen) atoms.